The summed E-state index contributed by atoms with van der Waals surface area (Å²) in [6.45, 7) is 0. The molecule has 0 atom stereocenters. The Hall–Kier alpha value is -7.40. The summed E-state index contributed by atoms with van der Waals surface area (Å²) < 4.78 is 11.9. The number of fused-ring (bicyclic) bond motifs is 9. The average molecular weight is 759 g/mol. The standard InChI is InChI=1S/C54H34N2OS/c1-2-15-37(16-3-1)55(38-30-28-35(29-31-38)40-22-13-27-51-52(40)45-21-7-11-26-50(45)58-51)48-33-32-41(54-53(48)44-20-6-10-25-49(44)57-54)36-14-12-17-39(34-36)56-46-23-8-4-18-42(46)43-19-5-9-24-47(43)56/h1-34H. The zero-order valence-electron chi connectivity index (χ0n) is 31.3. The number of para-hydroxylation sites is 4. The van der Waals surface area contributed by atoms with Crippen molar-refractivity contribution >= 4 is 92.3 Å². The molecule has 0 aliphatic carbocycles. The Morgan fingerprint density at radius 2 is 1.05 bits per heavy atom. The molecule has 0 aliphatic rings. The van der Waals surface area contributed by atoms with E-state index in [1.54, 1.807) is 0 Å². The van der Waals surface area contributed by atoms with Crippen LogP contribution in [0.15, 0.2) is 211 Å². The summed E-state index contributed by atoms with van der Waals surface area (Å²) in [6.07, 6.45) is 0. The molecule has 0 saturated carbocycles. The summed E-state index contributed by atoms with van der Waals surface area (Å²) in [7, 11) is 0. The molecule has 0 N–H and O–H groups in total. The lowest BCUT2D eigenvalue weighted by atomic mass is 9.98. The van der Waals surface area contributed by atoms with Gasteiger partial charge in [0.15, 0.2) is 0 Å². The molecule has 0 aliphatic heterocycles. The zero-order chi connectivity index (χ0) is 38.2. The highest BCUT2D eigenvalue weighted by Crippen LogP contribution is 2.47. The second-order valence-corrected chi connectivity index (χ2v) is 15.9. The number of anilines is 3. The minimum absolute atomic E-state index is 0.865. The lowest BCUT2D eigenvalue weighted by molar-refractivity contribution is 0.670. The van der Waals surface area contributed by atoms with Crippen LogP contribution in [-0.4, -0.2) is 4.57 Å². The number of furan rings is 1. The largest absolute Gasteiger partial charge is 0.455 e. The van der Waals surface area contributed by atoms with Gasteiger partial charge in [-0.1, -0.05) is 127 Å². The second kappa shape index (κ2) is 13.1. The number of thiophene rings is 1. The van der Waals surface area contributed by atoms with Crippen molar-refractivity contribution in [2.75, 3.05) is 4.90 Å². The normalized spacial score (nSPS) is 11.8. The van der Waals surface area contributed by atoms with Crippen LogP contribution in [0.3, 0.4) is 0 Å². The third-order valence-electron chi connectivity index (χ3n) is 11.6. The van der Waals surface area contributed by atoms with Crippen molar-refractivity contribution in [1.29, 1.82) is 0 Å². The van der Waals surface area contributed by atoms with Crippen molar-refractivity contribution in [3.8, 4) is 27.9 Å². The maximum Gasteiger partial charge on any atom is 0.145 e. The molecule has 12 rings (SSSR count). The number of hydrogen-bond donors (Lipinski definition) is 0. The smallest absolute Gasteiger partial charge is 0.145 e. The summed E-state index contributed by atoms with van der Waals surface area (Å²) in [5.41, 5.74) is 13.0. The van der Waals surface area contributed by atoms with E-state index in [2.05, 4.69) is 216 Å². The van der Waals surface area contributed by atoms with Crippen LogP contribution in [-0.2, 0) is 0 Å². The molecule has 3 nitrogen and oxygen atoms in total. The first-order chi connectivity index (χ1) is 28.8. The van der Waals surface area contributed by atoms with E-state index < -0.39 is 0 Å². The summed E-state index contributed by atoms with van der Waals surface area (Å²) in [4.78, 5) is 2.37. The predicted molar refractivity (Wildman–Crippen MR) is 247 cm³/mol. The van der Waals surface area contributed by atoms with E-state index in [1.165, 1.54) is 53.1 Å². The first-order valence-electron chi connectivity index (χ1n) is 19.7. The van der Waals surface area contributed by atoms with E-state index in [9.17, 15) is 0 Å². The van der Waals surface area contributed by atoms with Gasteiger partial charge >= 0.3 is 0 Å². The molecule has 3 aromatic heterocycles. The molecule has 58 heavy (non-hydrogen) atoms. The first-order valence-corrected chi connectivity index (χ1v) is 20.5. The highest BCUT2D eigenvalue weighted by molar-refractivity contribution is 7.25. The van der Waals surface area contributed by atoms with Gasteiger partial charge in [-0.05, 0) is 95.6 Å². The van der Waals surface area contributed by atoms with Gasteiger partial charge in [-0.15, -0.1) is 11.3 Å². The topological polar surface area (TPSA) is 21.3 Å². The summed E-state index contributed by atoms with van der Waals surface area (Å²) in [5.74, 6) is 0. The molecule has 0 fully saturated rings. The lowest BCUT2D eigenvalue weighted by Gasteiger charge is -2.27. The quantitative estimate of drug-likeness (QED) is 0.168. The third kappa shape index (κ3) is 5.05. The molecular formula is C54H34N2OS. The minimum Gasteiger partial charge on any atom is -0.455 e. The Morgan fingerprint density at radius 3 is 1.84 bits per heavy atom. The van der Waals surface area contributed by atoms with Crippen molar-refractivity contribution in [3.05, 3.63) is 206 Å². The van der Waals surface area contributed by atoms with Crippen LogP contribution in [0.2, 0.25) is 0 Å². The molecular weight excluding hydrogens is 725 g/mol. The number of hydrogen-bond acceptors (Lipinski definition) is 3. The fourth-order valence-corrected chi connectivity index (χ4v) is 10.2. The van der Waals surface area contributed by atoms with Crippen LogP contribution in [0.25, 0.3) is 91.9 Å². The monoisotopic (exact) mass is 758 g/mol. The van der Waals surface area contributed by atoms with Gasteiger partial charge in [0.25, 0.3) is 0 Å². The molecule has 0 amide bonds. The molecule has 0 unspecified atom stereocenters. The van der Waals surface area contributed by atoms with Gasteiger partial charge in [-0.2, -0.15) is 0 Å². The number of aromatic nitrogens is 1. The number of rotatable bonds is 6. The van der Waals surface area contributed by atoms with E-state index in [1.807, 2.05) is 11.3 Å². The van der Waals surface area contributed by atoms with E-state index >= 15 is 0 Å². The summed E-state index contributed by atoms with van der Waals surface area (Å²) >= 11 is 1.86. The van der Waals surface area contributed by atoms with Crippen LogP contribution in [0.4, 0.5) is 17.1 Å². The molecule has 0 radical (unpaired) electrons. The lowest BCUT2D eigenvalue weighted by Crippen LogP contribution is -2.10. The van der Waals surface area contributed by atoms with Gasteiger partial charge < -0.3 is 13.9 Å². The van der Waals surface area contributed by atoms with Crippen molar-refractivity contribution in [1.82, 2.24) is 4.57 Å². The fraction of sp³-hybridized carbons (Fsp3) is 0. The maximum atomic E-state index is 6.88. The molecule has 12 aromatic rings. The van der Waals surface area contributed by atoms with E-state index in [-0.39, 0.29) is 0 Å². The highest BCUT2D eigenvalue weighted by Gasteiger charge is 2.23. The fourth-order valence-electron chi connectivity index (χ4n) is 9.05. The Morgan fingerprint density at radius 1 is 0.414 bits per heavy atom. The van der Waals surface area contributed by atoms with Gasteiger partial charge in [-0.25, -0.2) is 0 Å². The molecule has 272 valence electrons. The Balaban J connectivity index is 1.03. The molecule has 9 aromatic carbocycles. The van der Waals surface area contributed by atoms with Crippen molar-refractivity contribution in [2.24, 2.45) is 0 Å². The highest BCUT2D eigenvalue weighted by atomic mass is 32.1. The SMILES string of the molecule is c1ccc(N(c2ccc(-c3cccc4sc5ccccc5c34)cc2)c2ccc(-c3cccc(-n4c5ccccc5c5ccccc54)c3)c3oc4ccccc4c23)cc1. The molecule has 0 spiro atoms. The molecule has 4 heteroatoms. The number of benzene rings is 9. The van der Waals surface area contributed by atoms with Crippen LogP contribution >= 0.6 is 11.3 Å². The maximum absolute atomic E-state index is 6.88. The van der Waals surface area contributed by atoms with Gasteiger partial charge in [0.1, 0.15) is 11.2 Å². The van der Waals surface area contributed by atoms with Crippen molar-refractivity contribution in [2.45, 2.75) is 0 Å². The van der Waals surface area contributed by atoms with Crippen LogP contribution in [0.5, 0.6) is 0 Å². The van der Waals surface area contributed by atoms with Crippen LogP contribution in [0.1, 0.15) is 0 Å². The van der Waals surface area contributed by atoms with E-state index in [0.717, 1.165) is 55.8 Å². The van der Waals surface area contributed by atoms with Gasteiger partial charge in [0, 0.05) is 59.0 Å². The minimum atomic E-state index is 0.865. The molecule has 3 heterocycles. The Labute approximate surface area is 338 Å². The zero-order valence-corrected chi connectivity index (χ0v) is 32.2. The van der Waals surface area contributed by atoms with Crippen molar-refractivity contribution in [3.63, 3.8) is 0 Å². The average Bonchev–Trinajstić information content (AvgIpc) is 3.97. The van der Waals surface area contributed by atoms with Crippen molar-refractivity contribution < 1.29 is 4.42 Å². The van der Waals surface area contributed by atoms with Gasteiger partial charge in [0.05, 0.1) is 22.1 Å². The third-order valence-corrected chi connectivity index (χ3v) is 12.7. The van der Waals surface area contributed by atoms with Gasteiger partial charge in [0.2, 0.25) is 0 Å². The summed E-state index contributed by atoms with van der Waals surface area (Å²) in [5, 5.41) is 7.29. The Kier molecular flexibility index (Phi) is 7.40. The summed E-state index contributed by atoms with van der Waals surface area (Å²) in [6, 6.07) is 74.2. The second-order valence-electron chi connectivity index (χ2n) is 14.8. The Bertz CT molecular complexity index is 3460. The number of nitrogens with zero attached hydrogens (tertiary/aromatic N) is 2. The molecule has 0 bridgehead atoms. The van der Waals surface area contributed by atoms with E-state index in [4.69, 9.17) is 4.42 Å². The molecule has 0 saturated heterocycles. The first kappa shape index (κ1) is 32.8. The predicted octanol–water partition coefficient (Wildman–Crippen LogP) is 15.9. The van der Waals surface area contributed by atoms with Crippen LogP contribution in [0, 0.1) is 0 Å². The van der Waals surface area contributed by atoms with E-state index in [0.29, 0.717) is 0 Å². The van der Waals surface area contributed by atoms with Gasteiger partial charge in [-0.3, -0.25) is 0 Å². The van der Waals surface area contributed by atoms with Crippen LogP contribution < -0.4 is 4.90 Å².